The Hall–Kier alpha value is -5.26. The lowest BCUT2D eigenvalue weighted by molar-refractivity contribution is -0.141. The van der Waals surface area contributed by atoms with Crippen LogP contribution >= 0.6 is 0 Å². The molecule has 17 nitrogen and oxygen atoms in total. The number of fused-ring (bicyclic) bond motifs is 3. The van der Waals surface area contributed by atoms with E-state index in [2.05, 4.69) is 20.3 Å². The molecule has 0 bridgehead atoms. The van der Waals surface area contributed by atoms with E-state index in [-0.39, 0.29) is 25.4 Å². The molecule has 0 unspecified atom stereocenters. The lowest BCUT2D eigenvalue weighted by Crippen LogP contribution is -2.58. The topological polar surface area (TPSA) is 207 Å². The van der Waals surface area contributed by atoms with Crippen molar-refractivity contribution in [2.75, 3.05) is 24.5 Å². The second-order valence-electron chi connectivity index (χ2n) is 19.4. The van der Waals surface area contributed by atoms with Crippen LogP contribution in [0.25, 0.3) is 22.3 Å². The average molecular weight is 888 g/mol. The molecule has 4 fully saturated rings. The van der Waals surface area contributed by atoms with Gasteiger partial charge in [-0.25, -0.2) is 18.2 Å². The molecule has 3 aliphatic heterocycles. The molecule has 5 atom stereocenters. The SMILES string of the molecule is CC(C)n1c(O[C@@H]2C[C@H]3C(=O)N[C@]4(C(=O)NS(=O)(=O)C5(C)CC5)C[C@H]4/C=C\CCCCC[C@H](NC(=O)OC(C)(C)C)C(=O)N3C2)nc2c(-c3cnc(N4CCCC4)cn3)cccc21. The number of aromatic nitrogens is 4. The molecule has 340 valence electrons. The van der Waals surface area contributed by atoms with Gasteiger partial charge in [-0.1, -0.05) is 37.1 Å². The van der Waals surface area contributed by atoms with E-state index in [1.807, 2.05) is 48.8 Å². The zero-order chi connectivity index (χ0) is 44.9. The smallest absolute Gasteiger partial charge is 0.408 e. The van der Waals surface area contributed by atoms with Crippen molar-refractivity contribution in [1.82, 2.24) is 39.8 Å². The molecule has 18 heteroatoms. The van der Waals surface area contributed by atoms with Crippen LogP contribution in [0.3, 0.4) is 0 Å². The van der Waals surface area contributed by atoms with E-state index >= 15 is 0 Å². The number of allylic oxidation sites excluding steroid dienone is 1. The summed E-state index contributed by atoms with van der Waals surface area (Å²) in [6.45, 7) is 12.7. The second kappa shape index (κ2) is 17.0. The molecular formula is C45H61N9O8S. The summed E-state index contributed by atoms with van der Waals surface area (Å²) >= 11 is 0. The van der Waals surface area contributed by atoms with Crippen molar-refractivity contribution in [1.29, 1.82) is 0 Å². The van der Waals surface area contributed by atoms with Gasteiger partial charge in [-0.3, -0.25) is 28.7 Å². The first-order chi connectivity index (χ1) is 29.9. The predicted molar refractivity (Wildman–Crippen MR) is 236 cm³/mol. The fraction of sp³-hybridized carbons (Fsp3) is 0.622. The van der Waals surface area contributed by atoms with Gasteiger partial charge in [0.15, 0.2) is 0 Å². The Labute approximate surface area is 369 Å². The Bertz CT molecular complexity index is 2380. The summed E-state index contributed by atoms with van der Waals surface area (Å²) in [5, 5.41) is 5.71. The maximum Gasteiger partial charge on any atom is 0.408 e. The quantitative estimate of drug-likeness (QED) is 0.234. The monoisotopic (exact) mass is 887 g/mol. The fourth-order valence-electron chi connectivity index (χ4n) is 9.00. The largest absolute Gasteiger partial charge is 0.459 e. The molecule has 1 aromatic carbocycles. The first kappa shape index (κ1) is 44.4. The maximum atomic E-state index is 14.8. The molecule has 0 radical (unpaired) electrons. The number of benzene rings is 1. The van der Waals surface area contributed by atoms with Crippen LogP contribution in [0.4, 0.5) is 10.6 Å². The zero-order valence-electron chi connectivity index (χ0n) is 37.2. The molecule has 5 aliphatic rings. The lowest BCUT2D eigenvalue weighted by atomic mass is 10.0. The second-order valence-corrected chi connectivity index (χ2v) is 21.6. The third-order valence-electron chi connectivity index (χ3n) is 13.0. The van der Waals surface area contributed by atoms with Crippen LogP contribution < -0.4 is 25.0 Å². The Balaban J connectivity index is 1.11. The highest BCUT2D eigenvalue weighted by Gasteiger charge is 2.63. The molecule has 63 heavy (non-hydrogen) atoms. The standard InChI is InChI=1S/C45H61N9O8S/c1-28(2)54-34-18-14-16-31(33-25-47-36(26-46-33)52-21-12-13-22-52)37(34)49-41(54)61-30-23-35-38(55)50-45(40(57)51-63(59,60)44(6)19-20-44)24-29(45)15-10-8-7-9-11-17-32(39(56)53(35)27-30)48-42(58)62-43(3,4)5/h10,14-16,18,25-26,28-30,32,35H,7-9,11-13,17,19-24,27H2,1-6H3,(H,48,58)(H,50,55)(H,51,57)/b15-10-/t29-,30-,32+,35+,45-/m1/s1. The summed E-state index contributed by atoms with van der Waals surface area (Å²) in [5.74, 6) is -1.53. The van der Waals surface area contributed by atoms with Crippen LogP contribution in [0.1, 0.15) is 118 Å². The number of hydrogen-bond acceptors (Lipinski definition) is 12. The van der Waals surface area contributed by atoms with E-state index < -0.39 is 73.8 Å². The van der Waals surface area contributed by atoms with E-state index in [0.717, 1.165) is 55.7 Å². The zero-order valence-corrected chi connectivity index (χ0v) is 38.0. The number of imidazole rings is 1. The molecule has 2 saturated carbocycles. The van der Waals surface area contributed by atoms with Crippen LogP contribution in [-0.4, -0.2) is 110 Å². The van der Waals surface area contributed by atoms with Crippen molar-refractivity contribution in [3.63, 3.8) is 0 Å². The Morgan fingerprint density at radius 1 is 1.02 bits per heavy atom. The van der Waals surface area contributed by atoms with Crippen LogP contribution in [0.5, 0.6) is 6.01 Å². The van der Waals surface area contributed by atoms with Crippen molar-refractivity contribution in [2.24, 2.45) is 5.92 Å². The van der Waals surface area contributed by atoms with E-state index in [9.17, 15) is 27.6 Å². The number of sulfonamides is 1. The highest BCUT2D eigenvalue weighted by atomic mass is 32.2. The molecule has 2 aliphatic carbocycles. The van der Waals surface area contributed by atoms with Gasteiger partial charge in [-0.15, -0.1) is 0 Å². The molecule has 8 rings (SSSR count). The van der Waals surface area contributed by atoms with Crippen molar-refractivity contribution in [3.8, 4) is 17.3 Å². The van der Waals surface area contributed by atoms with Gasteiger partial charge in [0.2, 0.25) is 21.8 Å². The summed E-state index contributed by atoms with van der Waals surface area (Å²) in [7, 11) is -4.01. The Morgan fingerprint density at radius 3 is 2.46 bits per heavy atom. The molecule has 3 N–H and O–H groups in total. The Kier molecular flexibility index (Phi) is 12.0. The van der Waals surface area contributed by atoms with Gasteiger partial charge in [-0.05, 0) is 99.0 Å². The number of nitrogens with one attached hydrogen (secondary N) is 3. The number of amides is 4. The highest BCUT2D eigenvalue weighted by molar-refractivity contribution is 7.91. The summed E-state index contributed by atoms with van der Waals surface area (Å²) in [4.78, 5) is 74.8. The molecule has 2 aromatic heterocycles. The number of carbonyl (C=O) groups excluding carboxylic acids is 4. The van der Waals surface area contributed by atoms with Crippen LogP contribution in [0, 0.1) is 5.92 Å². The Morgan fingerprint density at radius 2 is 1.78 bits per heavy atom. The van der Waals surface area contributed by atoms with Crippen molar-refractivity contribution < 1.29 is 37.1 Å². The third kappa shape index (κ3) is 9.23. The molecule has 4 amide bonds. The summed E-state index contributed by atoms with van der Waals surface area (Å²) in [5.41, 5.74) is 0.540. The minimum atomic E-state index is -4.01. The number of ether oxygens (including phenoxy) is 2. The molecule has 3 aromatic rings. The minimum Gasteiger partial charge on any atom is -0.459 e. The number of carbonyl (C=O) groups is 4. The van der Waals surface area contributed by atoms with E-state index in [0.29, 0.717) is 49.3 Å². The van der Waals surface area contributed by atoms with Gasteiger partial charge in [-0.2, -0.15) is 4.98 Å². The minimum absolute atomic E-state index is 0.0307. The van der Waals surface area contributed by atoms with Crippen LogP contribution in [0.15, 0.2) is 42.7 Å². The van der Waals surface area contributed by atoms with Crippen LogP contribution in [-0.2, 0) is 29.1 Å². The third-order valence-corrected chi connectivity index (χ3v) is 15.1. The first-order valence-electron chi connectivity index (χ1n) is 22.5. The fourth-order valence-corrected chi connectivity index (χ4v) is 10.3. The van der Waals surface area contributed by atoms with E-state index in [1.165, 1.54) is 4.90 Å². The summed E-state index contributed by atoms with van der Waals surface area (Å²) in [6, 6.07) is 3.87. The van der Waals surface area contributed by atoms with E-state index in [1.54, 1.807) is 40.1 Å². The molecule has 0 spiro atoms. The highest BCUT2D eigenvalue weighted by Crippen LogP contribution is 2.47. The summed E-state index contributed by atoms with van der Waals surface area (Å²) in [6.07, 6.45) is 12.4. The van der Waals surface area contributed by atoms with Gasteiger partial charge in [0, 0.05) is 37.0 Å². The number of anilines is 1. The number of rotatable bonds is 9. The first-order valence-corrected chi connectivity index (χ1v) is 24.0. The average Bonchev–Trinajstić information content (AvgIpc) is 3.86. The molecular weight excluding hydrogens is 827 g/mol. The molecule has 5 heterocycles. The van der Waals surface area contributed by atoms with Gasteiger partial charge in [0.25, 0.3) is 11.9 Å². The van der Waals surface area contributed by atoms with Crippen molar-refractivity contribution in [3.05, 3.63) is 42.7 Å². The number of hydrogen-bond donors (Lipinski definition) is 3. The van der Waals surface area contributed by atoms with Gasteiger partial charge >= 0.3 is 6.09 Å². The van der Waals surface area contributed by atoms with Crippen molar-refractivity contribution in [2.45, 2.75) is 152 Å². The number of nitrogens with zero attached hydrogens (tertiary/aromatic N) is 6. The number of para-hydroxylation sites is 1. The normalized spacial score (nSPS) is 26.8. The maximum absolute atomic E-state index is 14.8. The molecule has 2 saturated heterocycles. The number of alkyl carbamates (subject to hydrolysis) is 1. The van der Waals surface area contributed by atoms with Crippen molar-refractivity contribution >= 4 is 50.7 Å². The predicted octanol–water partition coefficient (Wildman–Crippen LogP) is 5.31. The van der Waals surface area contributed by atoms with Gasteiger partial charge < -0.3 is 29.9 Å². The van der Waals surface area contributed by atoms with Crippen LogP contribution in [0.2, 0.25) is 0 Å². The van der Waals surface area contributed by atoms with Gasteiger partial charge in [0.1, 0.15) is 40.7 Å². The van der Waals surface area contributed by atoms with E-state index in [4.69, 9.17) is 24.4 Å². The van der Waals surface area contributed by atoms with Gasteiger partial charge in [0.05, 0.1) is 34.9 Å². The summed E-state index contributed by atoms with van der Waals surface area (Å²) < 4.78 is 42.0. The lowest BCUT2D eigenvalue weighted by Gasteiger charge is -2.30.